The van der Waals surface area contributed by atoms with Gasteiger partial charge in [-0.25, -0.2) is 9.38 Å². The highest BCUT2D eigenvalue weighted by molar-refractivity contribution is 6.21. The van der Waals surface area contributed by atoms with Gasteiger partial charge in [0.2, 0.25) is 18.0 Å². The molecule has 0 unspecified atom stereocenters. The van der Waals surface area contributed by atoms with Gasteiger partial charge in [0, 0.05) is 24.2 Å². The highest BCUT2D eigenvalue weighted by Crippen LogP contribution is 2.35. The molecule has 9 heteroatoms. The molecule has 2 saturated heterocycles. The van der Waals surface area contributed by atoms with Gasteiger partial charge in [-0.15, -0.1) is 0 Å². The van der Waals surface area contributed by atoms with Gasteiger partial charge in [0.1, 0.15) is 12.4 Å². The lowest BCUT2D eigenvalue weighted by atomic mass is 9.84. The Labute approximate surface area is 257 Å². The van der Waals surface area contributed by atoms with Crippen molar-refractivity contribution >= 4 is 29.1 Å². The SMILES string of the molecule is Cc1cccc2c1N(CC(=O)N1CC3CCC(CC3)C1)C(=O)[C@@H](NC(=O)[C@@H](N)Cc1ccccc1)N=C2c1ccccc1F. The first kappa shape index (κ1) is 29.7. The number of benzene rings is 3. The Morgan fingerprint density at radius 1 is 0.932 bits per heavy atom. The Morgan fingerprint density at radius 3 is 2.25 bits per heavy atom. The van der Waals surface area contributed by atoms with Gasteiger partial charge in [-0.2, -0.15) is 0 Å². The van der Waals surface area contributed by atoms with E-state index < -0.39 is 29.8 Å². The molecule has 0 radical (unpaired) electrons. The predicted octanol–water partition coefficient (Wildman–Crippen LogP) is 3.98. The Morgan fingerprint density at radius 2 is 1.57 bits per heavy atom. The number of nitrogens with two attached hydrogens (primary N) is 1. The molecule has 3 N–H and O–H groups in total. The van der Waals surface area contributed by atoms with Crippen LogP contribution in [0.5, 0.6) is 0 Å². The number of nitrogens with one attached hydrogen (secondary N) is 1. The summed E-state index contributed by atoms with van der Waals surface area (Å²) >= 11 is 0. The minimum atomic E-state index is -1.42. The molecule has 2 bridgehead atoms. The maximum absolute atomic E-state index is 15.3. The third-order valence-corrected chi connectivity index (χ3v) is 9.13. The number of hydrogen-bond acceptors (Lipinski definition) is 5. The maximum Gasteiger partial charge on any atom is 0.272 e. The van der Waals surface area contributed by atoms with E-state index in [4.69, 9.17) is 10.7 Å². The molecule has 3 aromatic rings. The van der Waals surface area contributed by atoms with E-state index in [1.807, 2.05) is 54.3 Å². The second kappa shape index (κ2) is 12.7. The Bertz CT molecular complexity index is 1570. The van der Waals surface area contributed by atoms with Gasteiger partial charge in [-0.1, -0.05) is 60.7 Å². The topological polar surface area (TPSA) is 108 Å². The number of anilines is 1. The molecule has 7 rings (SSSR count). The van der Waals surface area contributed by atoms with Crippen molar-refractivity contribution in [3.05, 3.63) is 101 Å². The lowest BCUT2D eigenvalue weighted by Gasteiger charge is -2.30. The molecule has 2 atom stereocenters. The second-order valence-corrected chi connectivity index (χ2v) is 12.2. The fourth-order valence-electron chi connectivity index (χ4n) is 6.77. The molecule has 3 amide bonds. The zero-order valence-corrected chi connectivity index (χ0v) is 24.9. The van der Waals surface area contributed by atoms with Crippen LogP contribution >= 0.6 is 0 Å². The summed E-state index contributed by atoms with van der Waals surface area (Å²) in [5.74, 6) is -0.852. The van der Waals surface area contributed by atoms with Gasteiger partial charge in [0.05, 0.1) is 17.4 Å². The largest absolute Gasteiger partial charge is 0.341 e. The number of carbonyl (C=O) groups is 3. The van der Waals surface area contributed by atoms with Crippen molar-refractivity contribution < 1.29 is 18.8 Å². The summed E-state index contributed by atoms with van der Waals surface area (Å²) in [6.45, 7) is 3.01. The molecule has 0 aromatic heterocycles. The van der Waals surface area contributed by atoms with Crippen LogP contribution in [0.4, 0.5) is 10.1 Å². The van der Waals surface area contributed by atoms with Crippen molar-refractivity contribution in [3.63, 3.8) is 0 Å². The van der Waals surface area contributed by atoms with Crippen molar-refractivity contribution in [2.75, 3.05) is 24.5 Å². The molecule has 44 heavy (non-hydrogen) atoms. The number of aliphatic imine (C=N–C) groups is 1. The summed E-state index contributed by atoms with van der Waals surface area (Å²) in [5.41, 5.74) is 9.30. The lowest BCUT2D eigenvalue weighted by Crippen LogP contribution is -2.54. The monoisotopic (exact) mass is 595 g/mol. The summed E-state index contributed by atoms with van der Waals surface area (Å²) in [5, 5.41) is 2.73. The number of rotatable bonds is 7. The van der Waals surface area contributed by atoms with Crippen molar-refractivity contribution in [1.82, 2.24) is 10.2 Å². The molecule has 3 aliphatic heterocycles. The smallest absolute Gasteiger partial charge is 0.272 e. The predicted molar refractivity (Wildman–Crippen MR) is 168 cm³/mol. The minimum absolute atomic E-state index is 0.147. The quantitative estimate of drug-likeness (QED) is 0.431. The maximum atomic E-state index is 15.3. The molecule has 1 aliphatic carbocycles. The molecule has 3 aromatic carbocycles. The molecular formula is C35H38FN5O3. The summed E-state index contributed by atoms with van der Waals surface area (Å²) in [6, 6.07) is 20.1. The third-order valence-electron chi connectivity index (χ3n) is 9.13. The average molecular weight is 596 g/mol. The molecular weight excluding hydrogens is 557 g/mol. The molecule has 3 fully saturated rings. The second-order valence-electron chi connectivity index (χ2n) is 12.2. The average Bonchev–Trinajstić information content (AvgIpc) is 3.41. The van der Waals surface area contributed by atoms with Crippen molar-refractivity contribution in [2.24, 2.45) is 22.6 Å². The van der Waals surface area contributed by atoms with Crippen LogP contribution in [0.2, 0.25) is 0 Å². The van der Waals surface area contributed by atoms with Gasteiger partial charge in [0.15, 0.2) is 0 Å². The van der Waals surface area contributed by atoms with Crippen LogP contribution in [0.1, 0.15) is 47.9 Å². The molecule has 8 nitrogen and oxygen atoms in total. The number of aryl methyl sites for hydroxylation is 1. The van der Waals surface area contributed by atoms with E-state index >= 15 is 4.39 Å². The molecule has 3 heterocycles. The van der Waals surface area contributed by atoms with Crippen LogP contribution in [0.15, 0.2) is 77.8 Å². The summed E-state index contributed by atoms with van der Waals surface area (Å²) in [7, 11) is 0. The Balaban J connectivity index is 1.37. The van der Waals surface area contributed by atoms with Crippen molar-refractivity contribution in [1.29, 1.82) is 0 Å². The van der Waals surface area contributed by atoms with Gasteiger partial charge in [-0.05, 0) is 74.1 Å². The first-order valence-electron chi connectivity index (χ1n) is 15.4. The molecule has 1 saturated carbocycles. The van der Waals surface area contributed by atoms with E-state index in [2.05, 4.69) is 5.32 Å². The van der Waals surface area contributed by atoms with E-state index in [1.54, 1.807) is 24.3 Å². The Hall–Kier alpha value is -4.37. The van der Waals surface area contributed by atoms with E-state index in [9.17, 15) is 14.4 Å². The molecule has 228 valence electrons. The fraction of sp³-hybridized carbons (Fsp3) is 0.371. The van der Waals surface area contributed by atoms with Gasteiger partial charge in [0.25, 0.3) is 5.91 Å². The molecule has 0 spiro atoms. The third kappa shape index (κ3) is 6.15. The Kier molecular flexibility index (Phi) is 8.57. The number of carbonyl (C=O) groups excluding carboxylic acids is 3. The molecule has 4 aliphatic rings. The van der Waals surface area contributed by atoms with Crippen LogP contribution < -0.4 is 16.0 Å². The summed E-state index contributed by atoms with van der Waals surface area (Å²) < 4.78 is 15.3. The zero-order valence-electron chi connectivity index (χ0n) is 24.9. The van der Waals surface area contributed by atoms with Crippen LogP contribution in [0.3, 0.4) is 0 Å². The number of amides is 3. The lowest BCUT2D eigenvalue weighted by molar-refractivity contribution is -0.132. The number of hydrogen-bond donors (Lipinski definition) is 2. The van der Waals surface area contributed by atoms with Crippen LogP contribution in [0, 0.1) is 24.6 Å². The van der Waals surface area contributed by atoms with E-state index in [0.717, 1.165) is 36.8 Å². The number of fused-ring (bicyclic) bond motifs is 5. The standard InChI is InChI=1S/C35H38FN5O3/c1-22-8-7-12-27-31(26-11-5-6-13-28(26)36)38-33(39-34(43)29(37)18-23-9-3-2-4-10-23)35(44)41(32(22)27)21-30(42)40-19-24-14-15-25(20-40)17-16-24/h2-13,24-25,29,33H,14-21,37H2,1H3,(H,39,43)/t24?,25?,29-,33+/m0/s1. The fourth-order valence-corrected chi connectivity index (χ4v) is 6.77. The van der Waals surface area contributed by atoms with Gasteiger partial charge in [-0.3, -0.25) is 19.3 Å². The number of benzodiazepines with no additional fused rings is 1. The normalized spacial score (nSPS) is 22.0. The first-order chi connectivity index (χ1) is 21.3. The van der Waals surface area contributed by atoms with Gasteiger partial charge < -0.3 is 16.0 Å². The van der Waals surface area contributed by atoms with Crippen molar-refractivity contribution in [3.8, 4) is 0 Å². The van der Waals surface area contributed by atoms with Crippen molar-refractivity contribution in [2.45, 2.75) is 51.2 Å². The first-order valence-corrected chi connectivity index (χ1v) is 15.4. The number of para-hydroxylation sites is 1. The van der Waals surface area contributed by atoms with Crippen LogP contribution in [-0.4, -0.2) is 60.2 Å². The summed E-state index contributed by atoms with van der Waals surface area (Å²) in [4.78, 5) is 49.7. The summed E-state index contributed by atoms with van der Waals surface area (Å²) in [6.07, 6.45) is 3.33. The van der Waals surface area contributed by atoms with Gasteiger partial charge >= 0.3 is 0 Å². The minimum Gasteiger partial charge on any atom is -0.341 e. The van der Waals surface area contributed by atoms with E-state index in [1.165, 1.54) is 11.0 Å². The number of nitrogens with zero attached hydrogens (tertiary/aromatic N) is 3. The van der Waals surface area contributed by atoms with Crippen LogP contribution in [0.25, 0.3) is 0 Å². The highest BCUT2D eigenvalue weighted by atomic mass is 19.1. The van der Waals surface area contributed by atoms with E-state index in [-0.39, 0.29) is 30.1 Å². The van der Waals surface area contributed by atoms with Crippen LogP contribution in [-0.2, 0) is 20.8 Å². The highest BCUT2D eigenvalue weighted by Gasteiger charge is 2.38. The van der Waals surface area contributed by atoms with E-state index in [0.29, 0.717) is 36.2 Å². The number of halogens is 1. The zero-order chi connectivity index (χ0) is 30.8.